The minimum atomic E-state index is -0.452. The summed E-state index contributed by atoms with van der Waals surface area (Å²) in [7, 11) is 0. The molecule has 0 N–H and O–H groups in total. The Bertz CT molecular complexity index is 721. The van der Waals surface area contributed by atoms with E-state index in [2.05, 4.69) is 6.07 Å². The normalized spacial score (nSPS) is 11.2. The van der Waals surface area contributed by atoms with Crippen LogP contribution in [0.15, 0.2) is 30.3 Å². The molecule has 2 rings (SSSR count). The molecule has 20 heavy (non-hydrogen) atoms. The van der Waals surface area contributed by atoms with Crippen LogP contribution in [0.25, 0.3) is 11.6 Å². The molecule has 0 fully saturated rings. The largest absolute Gasteiger partial charge is 0.269 e. The SMILES string of the molecule is Cc1cc(/C=C(\C#N)c2ccc([N+](=O)[O-])cc2)c(C)s1. The van der Waals surface area contributed by atoms with Crippen molar-refractivity contribution in [3.8, 4) is 6.07 Å². The van der Waals surface area contributed by atoms with E-state index in [1.807, 2.05) is 26.0 Å². The predicted octanol–water partition coefficient (Wildman–Crippen LogP) is 4.34. The number of nitrogens with zero attached hydrogens (tertiary/aromatic N) is 2. The van der Waals surface area contributed by atoms with Crippen molar-refractivity contribution in [1.29, 1.82) is 5.26 Å². The minimum absolute atomic E-state index is 0.0219. The third kappa shape index (κ3) is 2.92. The van der Waals surface area contributed by atoms with Gasteiger partial charge in [-0.15, -0.1) is 11.3 Å². The Morgan fingerprint density at radius 2 is 2.00 bits per heavy atom. The highest BCUT2D eigenvalue weighted by molar-refractivity contribution is 7.12. The van der Waals surface area contributed by atoms with Gasteiger partial charge in [0.25, 0.3) is 5.69 Å². The van der Waals surface area contributed by atoms with Crippen molar-refractivity contribution in [3.63, 3.8) is 0 Å². The van der Waals surface area contributed by atoms with Crippen LogP contribution in [0.2, 0.25) is 0 Å². The molecule has 0 saturated heterocycles. The van der Waals surface area contributed by atoms with E-state index < -0.39 is 4.92 Å². The number of nitriles is 1. The van der Waals surface area contributed by atoms with Crippen LogP contribution in [0.1, 0.15) is 20.9 Å². The average Bonchev–Trinajstić information content (AvgIpc) is 2.74. The highest BCUT2D eigenvalue weighted by Gasteiger charge is 2.08. The Morgan fingerprint density at radius 1 is 1.35 bits per heavy atom. The Labute approximate surface area is 120 Å². The van der Waals surface area contributed by atoms with Gasteiger partial charge in [0.1, 0.15) is 0 Å². The average molecular weight is 284 g/mol. The molecule has 0 radical (unpaired) electrons. The molecule has 0 amide bonds. The van der Waals surface area contributed by atoms with Crippen molar-refractivity contribution in [2.45, 2.75) is 13.8 Å². The van der Waals surface area contributed by atoms with E-state index in [9.17, 15) is 15.4 Å². The number of rotatable bonds is 3. The summed E-state index contributed by atoms with van der Waals surface area (Å²) < 4.78 is 0. The van der Waals surface area contributed by atoms with Crippen molar-refractivity contribution in [3.05, 3.63) is 61.3 Å². The summed E-state index contributed by atoms with van der Waals surface area (Å²) in [6.07, 6.45) is 1.82. The van der Waals surface area contributed by atoms with Crippen LogP contribution in [-0.2, 0) is 0 Å². The second-order valence-corrected chi connectivity index (χ2v) is 5.80. The minimum Gasteiger partial charge on any atom is -0.258 e. The van der Waals surface area contributed by atoms with Crippen LogP contribution in [0, 0.1) is 35.3 Å². The first-order chi connectivity index (χ1) is 9.51. The molecule has 0 aliphatic heterocycles. The zero-order valence-corrected chi connectivity index (χ0v) is 11.9. The maximum absolute atomic E-state index is 10.6. The Kier molecular flexibility index (Phi) is 3.97. The molecular formula is C15H12N2O2S. The van der Waals surface area contributed by atoms with Crippen molar-refractivity contribution in [2.75, 3.05) is 0 Å². The van der Waals surface area contributed by atoms with E-state index in [4.69, 9.17) is 0 Å². The molecule has 1 aromatic carbocycles. The molecule has 0 aliphatic rings. The van der Waals surface area contributed by atoms with Gasteiger partial charge in [0.15, 0.2) is 0 Å². The van der Waals surface area contributed by atoms with Gasteiger partial charge in [-0.1, -0.05) is 0 Å². The van der Waals surface area contributed by atoms with E-state index in [-0.39, 0.29) is 5.69 Å². The summed E-state index contributed by atoms with van der Waals surface area (Å²) in [6.45, 7) is 4.03. The van der Waals surface area contributed by atoms with Crippen molar-refractivity contribution in [1.82, 2.24) is 0 Å². The van der Waals surface area contributed by atoms with Gasteiger partial charge in [0.2, 0.25) is 0 Å². The highest BCUT2D eigenvalue weighted by Crippen LogP contribution is 2.26. The maximum atomic E-state index is 10.6. The van der Waals surface area contributed by atoms with E-state index in [1.165, 1.54) is 17.0 Å². The number of non-ortho nitro benzene ring substituents is 1. The van der Waals surface area contributed by atoms with E-state index in [0.29, 0.717) is 11.1 Å². The number of nitro benzene ring substituents is 1. The fourth-order valence-electron chi connectivity index (χ4n) is 1.89. The molecule has 1 heterocycles. The number of hydrogen-bond donors (Lipinski definition) is 0. The second-order valence-electron chi connectivity index (χ2n) is 4.34. The molecule has 0 aliphatic carbocycles. The molecule has 5 heteroatoms. The molecule has 4 nitrogen and oxygen atoms in total. The lowest BCUT2D eigenvalue weighted by molar-refractivity contribution is -0.384. The zero-order chi connectivity index (χ0) is 14.7. The molecule has 2 aromatic rings. The molecule has 0 saturated carbocycles. The number of aryl methyl sites for hydroxylation is 2. The van der Waals surface area contributed by atoms with Crippen LogP contribution in [0.4, 0.5) is 5.69 Å². The second kappa shape index (κ2) is 5.68. The smallest absolute Gasteiger partial charge is 0.258 e. The van der Waals surface area contributed by atoms with Crippen LogP contribution >= 0.6 is 11.3 Å². The monoisotopic (exact) mass is 284 g/mol. The van der Waals surface area contributed by atoms with E-state index in [0.717, 1.165) is 10.4 Å². The molecule has 100 valence electrons. The lowest BCUT2D eigenvalue weighted by Gasteiger charge is -1.99. The van der Waals surface area contributed by atoms with E-state index >= 15 is 0 Å². The Balaban J connectivity index is 2.40. The first-order valence-corrected chi connectivity index (χ1v) is 6.76. The van der Waals surface area contributed by atoms with Gasteiger partial charge < -0.3 is 0 Å². The molecular weight excluding hydrogens is 272 g/mol. The summed E-state index contributed by atoms with van der Waals surface area (Å²) in [6, 6.07) is 10.2. The van der Waals surface area contributed by atoms with Crippen LogP contribution in [-0.4, -0.2) is 4.92 Å². The van der Waals surface area contributed by atoms with Gasteiger partial charge in [-0.05, 0) is 49.2 Å². The third-order valence-electron chi connectivity index (χ3n) is 2.89. The molecule has 0 atom stereocenters. The van der Waals surface area contributed by atoms with Crippen LogP contribution in [0.5, 0.6) is 0 Å². The third-order valence-corrected chi connectivity index (χ3v) is 3.87. The van der Waals surface area contributed by atoms with E-state index in [1.54, 1.807) is 23.5 Å². The van der Waals surface area contributed by atoms with Gasteiger partial charge in [-0.25, -0.2) is 0 Å². The lowest BCUT2D eigenvalue weighted by atomic mass is 10.0. The number of benzene rings is 1. The highest BCUT2D eigenvalue weighted by atomic mass is 32.1. The fourth-order valence-corrected chi connectivity index (χ4v) is 2.80. The predicted molar refractivity (Wildman–Crippen MR) is 80.4 cm³/mol. The molecule has 0 unspecified atom stereocenters. The molecule has 0 bridgehead atoms. The van der Waals surface area contributed by atoms with Gasteiger partial charge in [-0.2, -0.15) is 5.26 Å². The summed E-state index contributed by atoms with van der Waals surface area (Å²) in [4.78, 5) is 12.5. The summed E-state index contributed by atoms with van der Waals surface area (Å²) in [5.41, 5.74) is 2.22. The number of thiophene rings is 1. The first kappa shape index (κ1) is 14.0. The van der Waals surface area contributed by atoms with Crippen LogP contribution in [0.3, 0.4) is 0 Å². The van der Waals surface area contributed by atoms with Gasteiger partial charge in [0.05, 0.1) is 16.6 Å². The summed E-state index contributed by atoms with van der Waals surface area (Å²) in [5.74, 6) is 0. The van der Waals surface area contributed by atoms with Crippen molar-refractivity contribution >= 4 is 28.7 Å². The summed E-state index contributed by atoms with van der Waals surface area (Å²) >= 11 is 1.68. The standard InChI is InChI=1S/C15H12N2O2S/c1-10-7-13(11(2)20-10)8-14(9-16)12-3-5-15(6-4-12)17(18)19/h3-8H,1-2H3/b14-8+. The number of nitro groups is 1. The fraction of sp³-hybridized carbons (Fsp3) is 0.133. The Morgan fingerprint density at radius 3 is 2.45 bits per heavy atom. The zero-order valence-electron chi connectivity index (χ0n) is 11.1. The van der Waals surface area contributed by atoms with Crippen molar-refractivity contribution < 1.29 is 4.92 Å². The van der Waals surface area contributed by atoms with Gasteiger partial charge >= 0.3 is 0 Å². The summed E-state index contributed by atoms with van der Waals surface area (Å²) in [5, 5.41) is 19.9. The van der Waals surface area contributed by atoms with Crippen molar-refractivity contribution in [2.24, 2.45) is 0 Å². The number of allylic oxidation sites excluding steroid dienone is 1. The molecule has 0 spiro atoms. The Hall–Kier alpha value is -2.45. The van der Waals surface area contributed by atoms with Gasteiger partial charge in [-0.3, -0.25) is 10.1 Å². The first-order valence-electron chi connectivity index (χ1n) is 5.95. The molecule has 1 aromatic heterocycles. The lowest BCUT2D eigenvalue weighted by Crippen LogP contribution is -1.88. The van der Waals surface area contributed by atoms with Gasteiger partial charge in [0, 0.05) is 21.9 Å². The topological polar surface area (TPSA) is 66.9 Å². The maximum Gasteiger partial charge on any atom is 0.269 e. The number of hydrogen-bond acceptors (Lipinski definition) is 4. The quantitative estimate of drug-likeness (QED) is 0.478. The van der Waals surface area contributed by atoms with Crippen LogP contribution < -0.4 is 0 Å².